The summed E-state index contributed by atoms with van der Waals surface area (Å²) in [7, 11) is 0. The molecule has 6 nitrogen and oxygen atoms in total. The summed E-state index contributed by atoms with van der Waals surface area (Å²) in [5, 5.41) is 12.8. The van der Waals surface area contributed by atoms with Crippen molar-refractivity contribution < 1.29 is 19.4 Å². The minimum absolute atomic E-state index is 0.189. The van der Waals surface area contributed by atoms with Crippen LogP contribution in [0.15, 0.2) is 97.3 Å². The van der Waals surface area contributed by atoms with E-state index in [0.29, 0.717) is 30.8 Å². The van der Waals surface area contributed by atoms with Crippen LogP contribution in [0.3, 0.4) is 0 Å². The Morgan fingerprint density at radius 3 is 2.24 bits per heavy atom. The first-order valence-corrected chi connectivity index (χ1v) is 12.8. The quantitative estimate of drug-likeness (QED) is 0.247. The molecule has 4 aromatic rings. The third-order valence-corrected chi connectivity index (χ3v) is 6.34. The van der Waals surface area contributed by atoms with E-state index in [1.54, 1.807) is 24.5 Å². The average molecular weight is 509 g/mol. The third-order valence-electron chi connectivity index (χ3n) is 6.34. The largest absolute Gasteiger partial charge is 0.493 e. The Morgan fingerprint density at radius 2 is 1.55 bits per heavy atom. The molecule has 0 radical (unpaired) electrons. The van der Waals surface area contributed by atoms with Gasteiger partial charge in [-0.05, 0) is 71.8 Å². The molecule has 0 fully saturated rings. The molecule has 0 aliphatic rings. The number of hydrogen-bond acceptors (Lipinski definition) is 4. The maximum absolute atomic E-state index is 12.9. The van der Waals surface area contributed by atoms with Crippen molar-refractivity contribution in [3.05, 3.63) is 120 Å². The molecule has 0 aliphatic carbocycles. The SMILES string of the molecule is CCCOc1ccc(C[C@@H](Cc2ccccc2)C(=O)O)cc1CNC(=O)c1ccc(-c2ccncc2)cc1. The Balaban J connectivity index is 1.46. The normalized spacial score (nSPS) is 11.5. The van der Waals surface area contributed by atoms with E-state index < -0.39 is 11.9 Å². The van der Waals surface area contributed by atoms with E-state index in [1.807, 2.05) is 79.7 Å². The summed E-state index contributed by atoms with van der Waals surface area (Å²) in [6, 6.07) is 26.7. The van der Waals surface area contributed by atoms with Gasteiger partial charge in [-0.2, -0.15) is 0 Å². The van der Waals surface area contributed by atoms with Crippen molar-refractivity contribution in [3.8, 4) is 16.9 Å². The van der Waals surface area contributed by atoms with Gasteiger partial charge in [-0.1, -0.05) is 61.5 Å². The van der Waals surface area contributed by atoms with Gasteiger partial charge in [-0.3, -0.25) is 14.6 Å². The molecule has 0 saturated heterocycles. The number of aromatic nitrogens is 1. The van der Waals surface area contributed by atoms with Gasteiger partial charge < -0.3 is 15.2 Å². The number of rotatable bonds is 12. The predicted octanol–water partition coefficient (Wildman–Crippen LogP) is 5.95. The number of ether oxygens (including phenoxy) is 1. The fourth-order valence-electron chi connectivity index (χ4n) is 4.32. The second-order valence-electron chi connectivity index (χ2n) is 9.22. The van der Waals surface area contributed by atoms with Crippen molar-refractivity contribution >= 4 is 11.9 Å². The van der Waals surface area contributed by atoms with E-state index in [4.69, 9.17) is 4.74 Å². The Labute approximate surface area is 223 Å². The highest BCUT2D eigenvalue weighted by atomic mass is 16.5. The number of nitrogens with one attached hydrogen (secondary N) is 1. The van der Waals surface area contributed by atoms with E-state index in [0.717, 1.165) is 34.2 Å². The molecule has 2 N–H and O–H groups in total. The van der Waals surface area contributed by atoms with E-state index in [9.17, 15) is 14.7 Å². The third kappa shape index (κ3) is 7.29. The molecule has 1 aromatic heterocycles. The van der Waals surface area contributed by atoms with E-state index >= 15 is 0 Å². The van der Waals surface area contributed by atoms with Crippen LogP contribution in [0.4, 0.5) is 0 Å². The molecule has 0 spiro atoms. The number of carboxylic acids is 1. The summed E-state index contributed by atoms with van der Waals surface area (Å²) in [5.74, 6) is -0.879. The molecule has 0 aliphatic heterocycles. The van der Waals surface area contributed by atoms with Crippen LogP contribution < -0.4 is 10.1 Å². The van der Waals surface area contributed by atoms with Crippen LogP contribution in [0.5, 0.6) is 5.75 Å². The lowest BCUT2D eigenvalue weighted by atomic mass is 9.92. The van der Waals surface area contributed by atoms with Gasteiger partial charge in [-0.15, -0.1) is 0 Å². The molecule has 0 bridgehead atoms. The predicted molar refractivity (Wildman–Crippen MR) is 148 cm³/mol. The van der Waals surface area contributed by atoms with Gasteiger partial charge in [0.15, 0.2) is 0 Å². The van der Waals surface area contributed by atoms with Crippen LogP contribution in [0.2, 0.25) is 0 Å². The van der Waals surface area contributed by atoms with Crippen LogP contribution in [-0.4, -0.2) is 28.6 Å². The molecule has 38 heavy (non-hydrogen) atoms. The molecule has 6 heteroatoms. The fraction of sp³-hybridized carbons (Fsp3) is 0.219. The number of carboxylic acid groups (broad SMARTS) is 1. The zero-order valence-corrected chi connectivity index (χ0v) is 21.5. The molecule has 1 amide bonds. The number of nitrogens with zero attached hydrogens (tertiary/aromatic N) is 1. The Bertz CT molecular complexity index is 1340. The first-order chi connectivity index (χ1) is 18.5. The number of benzene rings is 3. The number of hydrogen-bond donors (Lipinski definition) is 2. The summed E-state index contributed by atoms with van der Waals surface area (Å²) in [6.45, 7) is 2.86. The monoisotopic (exact) mass is 508 g/mol. The van der Waals surface area contributed by atoms with Crippen molar-refractivity contribution in [1.29, 1.82) is 0 Å². The summed E-state index contributed by atoms with van der Waals surface area (Å²) >= 11 is 0. The Kier molecular flexibility index (Phi) is 9.24. The highest BCUT2D eigenvalue weighted by molar-refractivity contribution is 5.94. The van der Waals surface area contributed by atoms with Gasteiger partial charge in [0.25, 0.3) is 5.91 Å². The maximum atomic E-state index is 12.9. The second kappa shape index (κ2) is 13.2. The van der Waals surface area contributed by atoms with Gasteiger partial charge in [0.2, 0.25) is 0 Å². The van der Waals surface area contributed by atoms with Gasteiger partial charge in [0.1, 0.15) is 5.75 Å². The summed E-state index contributed by atoms with van der Waals surface area (Å²) in [5.41, 5.74) is 5.31. The van der Waals surface area contributed by atoms with E-state index in [1.165, 1.54) is 0 Å². The summed E-state index contributed by atoms with van der Waals surface area (Å²) < 4.78 is 5.92. The first kappa shape index (κ1) is 26.6. The van der Waals surface area contributed by atoms with Gasteiger partial charge >= 0.3 is 5.97 Å². The summed E-state index contributed by atoms with van der Waals surface area (Å²) in [6.07, 6.45) is 5.17. The lowest BCUT2D eigenvalue weighted by molar-refractivity contribution is -0.141. The second-order valence-corrected chi connectivity index (χ2v) is 9.22. The van der Waals surface area contributed by atoms with Crippen LogP contribution in [0, 0.1) is 5.92 Å². The van der Waals surface area contributed by atoms with Crippen LogP contribution >= 0.6 is 0 Å². The summed E-state index contributed by atoms with van der Waals surface area (Å²) in [4.78, 5) is 29.0. The average Bonchev–Trinajstić information content (AvgIpc) is 2.96. The molecular weight excluding hydrogens is 476 g/mol. The molecule has 1 heterocycles. The zero-order valence-electron chi connectivity index (χ0n) is 21.5. The molecule has 4 rings (SSSR count). The van der Waals surface area contributed by atoms with Crippen LogP contribution in [0.1, 0.15) is 40.4 Å². The maximum Gasteiger partial charge on any atom is 0.307 e. The van der Waals surface area contributed by atoms with Gasteiger partial charge in [-0.25, -0.2) is 0 Å². The number of amides is 1. The lowest BCUT2D eigenvalue weighted by Gasteiger charge is -2.16. The molecule has 1 atom stereocenters. The minimum Gasteiger partial charge on any atom is -0.493 e. The van der Waals surface area contributed by atoms with Crippen molar-refractivity contribution in [1.82, 2.24) is 10.3 Å². The molecule has 0 saturated carbocycles. The topological polar surface area (TPSA) is 88.5 Å². The molecule has 0 unspecified atom stereocenters. The van der Waals surface area contributed by atoms with Gasteiger partial charge in [0.05, 0.1) is 12.5 Å². The minimum atomic E-state index is -0.828. The van der Waals surface area contributed by atoms with Gasteiger partial charge in [0, 0.05) is 30.1 Å². The zero-order chi connectivity index (χ0) is 26.7. The smallest absolute Gasteiger partial charge is 0.307 e. The number of carbonyl (C=O) groups is 2. The first-order valence-electron chi connectivity index (χ1n) is 12.8. The number of pyridine rings is 1. The fourth-order valence-corrected chi connectivity index (χ4v) is 4.32. The lowest BCUT2D eigenvalue weighted by Crippen LogP contribution is -2.23. The molecule has 3 aromatic carbocycles. The van der Waals surface area contributed by atoms with Crippen LogP contribution in [0.25, 0.3) is 11.1 Å². The highest BCUT2D eigenvalue weighted by Gasteiger charge is 2.20. The standard InChI is InChI=1S/C32H32N2O4/c1-2-18-38-30-13-8-24(20-28(32(36)37)19-23-6-4-3-5-7-23)21-29(30)22-34-31(35)27-11-9-25(10-12-27)26-14-16-33-17-15-26/h3-17,21,28H,2,18-20,22H2,1H3,(H,34,35)(H,36,37)/t28-/m1/s1. The highest BCUT2D eigenvalue weighted by Crippen LogP contribution is 2.24. The number of aliphatic carboxylic acids is 1. The number of carbonyl (C=O) groups excluding carboxylic acids is 1. The molecular formula is C32H32N2O4. The van der Waals surface area contributed by atoms with Crippen molar-refractivity contribution in [2.75, 3.05) is 6.61 Å². The van der Waals surface area contributed by atoms with E-state index in [-0.39, 0.29) is 12.5 Å². The van der Waals surface area contributed by atoms with Crippen molar-refractivity contribution in [2.45, 2.75) is 32.7 Å². The Morgan fingerprint density at radius 1 is 0.868 bits per heavy atom. The molecule has 194 valence electrons. The Hall–Kier alpha value is -4.45. The van der Waals surface area contributed by atoms with Crippen molar-refractivity contribution in [2.24, 2.45) is 5.92 Å². The van der Waals surface area contributed by atoms with E-state index in [2.05, 4.69) is 10.3 Å². The van der Waals surface area contributed by atoms with Crippen molar-refractivity contribution in [3.63, 3.8) is 0 Å². The van der Waals surface area contributed by atoms with Crippen LogP contribution in [-0.2, 0) is 24.2 Å².